The maximum Gasteiger partial charge on any atom is 0.188 e. The maximum absolute atomic E-state index is 5.89. The smallest absolute Gasteiger partial charge is 0.188 e. The summed E-state index contributed by atoms with van der Waals surface area (Å²) >= 11 is 0. The molecule has 3 rings (SSSR count). The van der Waals surface area contributed by atoms with Crippen LogP contribution < -0.4 is 11.1 Å². The zero-order valence-corrected chi connectivity index (χ0v) is 10.5. The van der Waals surface area contributed by atoms with Crippen LogP contribution in [-0.4, -0.2) is 31.8 Å². The second kappa shape index (κ2) is 4.48. The van der Waals surface area contributed by atoms with Crippen LogP contribution in [0.2, 0.25) is 0 Å². The molecule has 96 valence electrons. The molecule has 1 atom stereocenters. The van der Waals surface area contributed by atoms with Gasteiger partial charge in [0.05, 0.1) is 0 Å². The molecule has 4 heteroatoms. The van der Waals surface area contributed by atoms with Crippen LogP contribution in [0.25, 0.3) is 0 Å². The van der Waals surface area contributed by atoms with E-state index in [1.807, 2.05) is 0 Å². The molecule has 0 aromatic rings. The zero-order chi connectivity index (χ0) is 11.7. The fourth-order valence-corrected chi connectivity index (χ4v) is 3.10. The van der Waals surface area contributed by atoms with Crippen molar-refractivity contribution < 1.29 is 4.74 Å². The first-order valence-corrected chi connectivity index (χ1v) is 6.93. The number of hydrogen-bond acceptors (Lipinski definition) is 2. The van der Waals surface area contributed by atoms with E-state index in [-0.39, 0.29) is 0 Å². The summed E-state index contributed by atoms with van der Waals surface area (Å²) in [5, 5.41) is 3.29. The number of guanidine groups is 1. The summed E-state index contributed by atoms with van der Waals surface area (Å²) in [5.41, 5.74) is 6.46. The minimum atomic E-state index is 0.568. The maximum atomic E-state index is 5.89. The van der Waals surface area contributed by atoms with Gasteiger partial charge >= 0.3 is 0 Å². The third kappa shape index (κ3) is 2.41. The lowest BCUT2D eigenvalue weighted by molar-refractivity contribution is 0.0525. The summed E-state index contributed by atoms with van der Waals surface area (Å²) in [5.74, 6) is 1.41. The Bertz CT molecular complexity index is 306. The van der Waals surface area contributed by atoms with Gasteiger partial charge in [0.2, 0.25) is 0 Å². The van der Waals surface area contributed by atoms with Gasteiger partial charge < -0.3 is 15.8 Å². The molecule has 1 unspecified atom stereocenters. The SMILES string of the molecule is NC(=NCC1CC12CCOCC2)NC1CCC1. The van der Waals surface area contributed by atoms with E-state index in [0.717, 1.165) is 25.7 Å². The predicted molar refractivity (Wildman–Crippen MR) is 67.9 cm³/mol. The molecular formula is C13H23N3O. The number of nitrogens with one attached hydrogen (secondary N) is 1. The number of nitrogens with two attached hydrogens (primary N) is 1. The Kier molecular flexibility index (Phi) is 2.99. The number of rotatable bonds is 3. The van der Waals surface area contributed by atoms with Crippen LogP contribution in [0.1, 0.15) is 38.5 Å². The van der Waals surface area contributed by atoms with Gasteiger partial charge in [0.25, 0.3) is 0 Å². The number of hydrogen-bond donors (Lipinski definition) is 2. The molecular weight excluding hydrogens is 214 g/mol. The molecule has 3 N–H and O–H groups in total. The van der Waals surface area contributed by atoms with Gasteiger partial charge in [-0.2, -0.15) is 0 Å². The van der Waals surface area contributed by atoms with Gasteiger partial charge in [0, 0.05) is 25.8 Å². The van der Waals surface area contributed by atoms with E-state index in [1.54, 1.807) is 0 Å². The topological polar surface area (TPSA) is 59.6 Å². The van der Waals surface area contributed by atoms with Crippen molar-refractivity contribution >= 4 is 5.96 Å². The Labute approximate surface area is 103 Å². The lowest BCUT2D eigenvalue weighted by Gasteiger charge is -2.26. The van der Waals surface area contributed by atoms with Gasteiger partial charge in [-0.05, 0) is 49.9 Å². The van der Waals surface area contributed by atoms with Crippen molar-refractivity contribution in [3.63, 3.8) is 0 Å². The normalized spacial score (nSPS) is 32.2. The largest absolute Gasteiger partial charge is 0.381 e. The van der Waals surface area contributed by atoms with Crippen molar-refractivity contribution in [3.05, 3.63) is 0 Å². The molecule has 3 fully saturated rings. The molecule has 0 radical (unpaired) electrons. The molecule has 2 aliphatic carbocycles. The predicted octanol–water partition coefficient (Wildman–Crippen LogP) is 1.26. The van der Waals surface area contributed by atoms with Crippen LogP contribution in [0, 0.1) is 11.3 Å². The molecule has 1 saturated heterocycles. The summed E-state index contributed by atoms with van der Waals surface area (Å²) in [7, 11) is 0. The van der Waals surface area contributed by atoms with Crippen LogP contribution in [0.4, 0.5) is 0 Å². The van der Waals surface area contributed by atoms with E-state index in [9.17, 15) is 0 Å². The Morgan fingerprint density at radius 2 is 2.12 bits per heavy atom. The van der Waals surface area contributed by atoms with E-state index in [1.165, 1.54) is 38.5 Å². The minimum Gasteiger partial charge on any atom is -0.381 e. The number of ether oxygens (including phenoxy) is 1. The fraction of sp³-hybridized carbons (Fsp3) is 0.923. The summed E-state index contributed by atoms with van der Waals surface area (Å²) in [6.07, 6.45) is 7.61. The molecule has 1 heterocycles. The summed E-state index contributed by atoms with van der Waals surface area (Å²) < 4.78 is 5.42. The van der Waals surface area contributed by atoms with Crippen LogP contribution >= 0.6 is 0 Å². The highest BCUT2D eigenvalue weighted by Gasteiger charge is 2.53. The molecule has 0 bridgehead atoms. The van der Waals surface area contributed by atoms with E-state index in [0.29, 0.717) is 17.4 Å². The van der Waals surface area contributed by atoms with Gasteiger partial charge in [0.1, 0.15) is 0 Å². The van der Waals surface area contributed by atoms with Crippen LogP contribution in [0.15, 0.2) is 4.99 Å². The first-order chi connectivity index (χ1) is 8.28. The lowest BCUT2D eigenvalue weighted by atomic mass is 9.93. The van der Waals surface area contributed by atoms with Crippen molar-refractivity contribution in [1.82, 2.24) is 5.32 Å². The molecule has 17 heavy (non-hydrogen) atoms. The van der Waals surface area contributed by atoms with Gasteiger partial charge in [-0.15, -0.1) is 0 Å². The van der Waals surface area contributed by atoms with Crippen molar-refractivity contribution in [2.45, 2.75) is 44.6 Å². The first-order valence-electron chi connectivity index (χ1n) is 6.93. The van der Waals surface area contributed by atoms with Gasteiger partial charge in [-0.3, -0.25) is 4.99 Å². The Hall–Kier alpha value is -0.770. The second-order valence-corrected chi connectivity index (χ2v) is 5.87. The van der Waals surface area contributed by atoms with Crippen molar-refractivity contribution in [2.75, 3.05) is 19.8 Å². The van der Waals surface area contributed by atoms with E-state index < -0.39 is 0 Å². The number of nitrogens with zero attached hydrogens (tertiary/aromatic N) is 1. The number of aliphatic imine (C=N–C) groups is 1. The highest BCUT2D eigenvalue weighted by Crippen LogP contribution is 2.59. The van der Waals surface area contributed by atoms with Crippen LogP contribution in [-0.2, 0) is 4.74 Å². The van der Waals surface area contributed by atoms with Crippen molar-refractivity contribution in [2.24, 2.45) is 22.1 Å². The van der Waals surface area contributed by atoms with Crippen molar-refractivity contribution in [3.8, 4) is 0 Å². The van der Waals surface area contributed by atoms with Gasteiger partial charge in [-0.25, -0.2) is 0 Å². The standard InChI is InChI=1S/C13H23N3O/c14-12(16-11-2-1-3-11)15-9-10-8-13(10)4-6-17-7-5-13/h10-11H,1-9H2,(H3,14,15,16). The molecule has 3 aliphatic rings. The quantitative estimate of drug-likeness (QED) is 0.574. The fourth-order valence-electron chi connectivity index (χ4n) is 3.10. The first kappa shape index (κ1) is 11.3. The van der Waals surface area contributed by atoms with E-state index in [2.05, 4.69) is 10.3 Å². The molecule has 1 aliphatic heterocycles. The van der Waals surface area contributed by atoms with Crippen LogP contribution in [0.5, 0.6) is 0 Å². The molecule has 4 nitrogen and oxygen atoms in total. The van der Waals surface area contributed by atoms with Gasteiger partial charge in [0.15, 0.2) is 5.96 Å². The summed E-state index contributed by atoms with van der Waals surface area (Å²) in [6.45, 7) is 2.79. The van der Waals surface area contributed by atoms with Gasteiger partial charge in [-0.1, -0.05) is 0 Å². The molecule has 0 amide bonds. The minimum absolute atomic E-state index is 0.568. The van der Waals surface area contributed by atoms with Crippen molar-refractivity contribution in [1.29, 1.82) is 0 Å². The zero-order valence-electron chi connectivity index (χ0n) is 10.5. The second-order valence-electron chi connectivity index (χ2n) is 5.87. The third-order valence-corrected chi connectivity index (χ3v) is 4.79. The lowest BCUT2D eigenvalue weighted by Crippen LogP contribution is -2.43. The summed E-state index contributed by atoms with van der Waals surface area (Å²) in [4.78, 5) is 4.50. The highest BCUT2D eigenvalue weighted by molar-refractivity contribution is 5.78. The Balaban J connectivity index is 1.43. The molecule has 0 aromatic carbocycles. The average molecular weight is 237 g/mol. The Morgan fingerprint density at radius 3 is 2.76 bits per heavy atom. The van der Waals surface area contributed by atoms with E-state index >= 15 is 0 Å². The third-order valence-electron chi connectivity index (χ3n) is 4.79. The average Bonchev–Trinajstić information content (AvgIpc) is 2.95. The van der Waals surface area contributed by atoms with E-state index in [4.69, 9.17) is 10.5 Å². The van der Waals surface area contributed by atoms with Crippen LogP contribution in [0.3, 0.4) is 0 Å². The molecule has 1 spiro atoms. The highest BCUT2D eigenvalue weighted by atomic mass is 16.5. The molecule has 2 saturated carbocycles. The Morgan fingerprint density at radius 1 is 1.35 bits per heavy atom. The monoisotopic (exact) mass is 237 g/mol. The molecule has 0 aromatic heterocycles. The summed E-state index contributed by atoms with van der Waals surface area (Å²) in [6, 6.07) is 0.593.